The molecule has 0 aliphatic rings. The molecule has 7 nitrogen and oxygen atoms in total. The molecule has 0 unspecified atom stereocenters. The molecule has 3 heterocycles. The lowest BCUT2D eigenvalue weighted by Gasteiger charge is -2.11. The number of hydrogen-bond acceptors (Lipinski definition) is 5. The Kier molecular flexibility index (Phi) is 5.15. The van der Waals surface area contributed by atoms with Gasteiger partial charge in [0.2, 0.25) is 5.95 Å². The summed E-state index contributed by atoms with van der Waals surface area (Å²) in [6, 6.07) is 16.4. The molecule has 0 bridgehead atoms. The Labute approximate surface area is 186 Å². The SMILES string of the molecule is COc1ccc2[nH]cc(CCNc3nc(C)cc(Nc4cccc5c4ccn5C)n3)c2c1. The second-order valence-electron chi connectivity index (χ2n) is 7.91. The average Bonchev–Trinajstić information content (AvgIpc) is 3.37. The van der Waals surface area contributed by atoms with Crippen LogP contribution in [0.4, 0.5) is 17.5 Å². The molecule has 5 rings (SSSR count). The fraction of sp³-hybridized carbons (Fsp3) is 0.200. The number of methoxy groups -OCH3 is 1. The van der Waals surface area contributed by atoms with Gasteiger partial charge in [0.05, 0.1) is 7.11 Å². The molecule has 162 valence electrons. The lowest BCUT2D eigenvalue weighted by molar-refractivity contribution is 0.415. The van der Waals surface area contributed by atoms with Crippen LogP contribution in [0.25, 0.3) is 21.8 Å². The summed E-state index contributed by atoms with van der Waals surface area (Å²) in [6.07, 6.45) is 4.96. The van der Waals surface area contributed by atoms with Crippen LogP contribution < -0.4 is 15.4 Å². The molecular formula is C25H26N6O. The highest BCUT2D eigenvalue weighted by molar-refractivity contribution is 5.93. The lowest BCUT2D eigenvalue weighted by atomic mass is 10.1. The molecule has 0 spiro atoms. The van der Waals surface area contributed by atoms with E-state index < -0.39 is 0 Å². The van der Waals surface area contributed by atoms with Crippen molar-refractivity contribution in [1.29, 1.82) is 0 Å². The zero-order chi connectivity index (χ0) is 22.1. The van der Waals surface area contributed by atoms with E-state index in [0.717, 1.165) is 46.8 Å². The second kappa shape index (κ2) is 8.26. The molecule has 32 heavy (non-hydrogen) atoms. The Morgan fingerprint density at radius 1 is 1.06 bits per heavy atom. The number of H-pyrrole nitrogens is 1. The Bertz CT molecular complexity index is 1400. The smallest absolute Gasteiger partial charge is 0.224 e. The van der Waals surface area contributed by atoms with Gasteiger partial charge in [0.1, 0.15) is 11.6 Å². The Hall–Kier alpha value is -4.00. The maximum Gasteiger partial charge on any atom is 0.224 e. The van der Waals surface area contributed by atoms with Gasteiger partial charge in [-0.3, -0.25) is 0 Å². The van der Waals surface area contributed by atoms with Crippen molar-refractivity contribution in [1.82, 2.24) is 19.5 Å². The van der Waals surface area contributed by atoms with Gasteiger partial charge in [0.25, 0.3) is 0 Å². The normalized spacial score (nSPS) is 11.2. The molecule has 5 aromatic rings. The molecule has 0 radical (unpaired) electrons. The highest BCUT2D eigenvalue weighted by Gasteiger charge is 2.08. The molecule has 3 N–H and O–H groups in total. The van der Waals surface area contributed by atoms with Crippen molar-refractivity contribution in [2.24, 2.45) is 7.05 Å². The van der Waals surface area contributed by atoms with Crippen molar-refractivity contribution in [3.63, 3.8) is 0 Å². The van der Waals surface area contributed by atoms with Crippen LogP contribution in [0.1, 0.15) is 11.3 Å². The largest absolute Gasteiger partial charge is 0.497 e. The number of aryl methyl sites for hydroxylation is 2. The molecular weight excluding hydrogens is 400 g/mol. The van der Waals surface area contributed by atoms with Gasteiger partial charge in [-0.05, 0) is 55.3 Å². The molecule has 0 fully saturated rings. The molecule has 0 saturated carbocycles. The van der Waals surface area contributed by atoms with Gasteiger partial charge >= 0.3 is 0 Å². The van der Waals surface area contributed by atoms with E-state index in [1.807, 2.05) is 38.2 Å². The third kappa shape index (κ3) is 3.85. The summed E-state index contributed by atoms with van der Waals surface area (Å²) in [7, 11) is 3.74. The number of aromatic nitrogens is 4. The minimum Gasteiger partial charge on any atom is -0.497 e. The first-order valence-corrected chi connectivity index (χ1v) is 10.7. The monoisotopic (exact) mass is 426 g/mol. The lowest BCUT2D eigenvalue weighted by Crippen LogP contribution is -2.09. The quantitative estimate of drug-likeness (QED) is 0.335. The topological polar surface area (TPSA) is 79.8 Å². The molecule has 0 atom stereocenters. The predicted molar refractivity (Wildman–Crippen MR) is 130 cm³/mol. The van der Waals surface area contributed by atoms with Crippen LogP contribution in [-0.2, 0) is 13.5 Å². The number of nitrogens with zero attached hydrogens (tertiary/aromatic N) is 3. The number of hydrogen-bond donors (Lipinski definition) is 3. The standard InChI is InChI=1S/C25H26N6O/c1-16-13-24(29-22-5-4-6-23-19(22)10-12-31(23)2)30-25(28-16)26-11-9-17-15-27-21-8-7-18(32-3)14-20(17)21/h4-8,10,12-15,27H,9,11H2,1-3H3,(H2,26,28,29,30). The molecule has 0 aliphatic heterocycles. The van der Waals surface area contributed by atoms with E-state index in [1.165, 1.54) is 16.5 Å². The van der Waals surface area contributed by atoms with Gasteiger partial charge in [0.15, 0.2) is 0 Å². The van der Waals surface area contributed by atoms with Crippen molar-refractivity contribution < 1.29 is 4.74 Å². The first-order valence-electron chi connectivity index (χ1n) is 10.7. The summed E-state index contributed by atoms with van der Waals surface area (Å²) in [5.41, 5.74) is 5.44. The van der Waals surface area contributed by atoms with Crippen molar-refractivity contribution in [2.75, 3.05) is 24.3 Å². The molecule has 7 heteroatoms. The molecule has 0 aliphatic carbocycles. The Balaban J connectivity index is 1.31. The van der Waals surface area contributed by atoms with Crippen LogP contribution in [-0.4, -0.2) is 33.2 Å². The second-order valence-corrected chi connectivity index (χ2v) is 7.91. The highest BCUT2D eigenvalue weighted by Crippen LogP contribution is 2.27. The minimum absolute atomic E-state index is 0.616. The predicted octanol–water partition coefficient (Wildman–Crippen LogP) is 5.16. The van der Waals surface area contributed by atoms with E-state index in [-0.39, 0.29) is 0 Å². The zero-order valence-electron chi connectivity index (χ0n) is 18.4. The van der Waals surface area contributed by atoms with Crippen LogP contribution in [0.5, 0.6) is 5.75 Å². The van der Waals surface area contributed by atoms with Crippen LogP contribution in [0, 0.1) is 6.92 Å². The fourth-order valence-corrected chi connectivity index (χ4v) is 4.06. The van der Waals surface area contributed by atoms with Gasteiger partial charge in [-0.25, -0.2) is 4.98 Å². The molecule has 2 aromatic carbocycles. The van der Waals surface area contributed by atoms with Crippen LogP contribution >= 0.6 is 0 Å². The zero-order valence-corrected chi connectivity index (χ0v) is 18.4. The van der Waals surface area contributed by atoms with E-state index in [4.69, 9.17) is 4.74 Å². The summed E-state index contributed by atoms with van der Waals surface area (Å²) in [6.45, 7) is 2.70. The summed E-state index contributed by atoms with van der Waals surface area (Å²) in [4.78, 5) is 12.6. The van der Waals surface area contributed by atoms with Gasteiger partial charge in [-0.1, -0.05) is 6.07 Å². The fourth-order valence-electron chi connectivity index (χ4n) is 4.06. The summed E-state index contributed by atoms with van der Waals surface area (Å²) >= 11 is 0. The first kappa shape index (κ1) is 19.9. The van der Waals surface area contributed by atoms with Crippen molar-refractivity contribution in [3.8, 4) is 5.75 Å². The van der Waals surface area contributed by atoms with Crippen LogP contribution in [0.3, 0.4) is 0 Å². The number of aromatic amines is 1. The number of rotatable bonds is 7. The van der Waals surface area contributed by atoms with Crippen molar-refractivity contribution in [2.45, 2.75) is 13.3 Å². The van der Waals surface area contributed by atoms with E-state index in [2.05, 4.69) is 66.8 Å². The van der Waals surface area contributed by atoms with E-state index in [9.17, 15) is 0 Å². The maximum absolute atomic E-state index is 5.37. The number of ether oxygens (including phenoxy) is 1. The van der Waals surface area contributed by atoms with Gasteiger partial charge in [-0.2, -0.15) is 4.98 Å². The van der Waals surface area contributed by atoms with Crippen molar-refractivity contribution >= 4 is 39.3 Å². The van der Waals surface area contributed by atoms with Crippen molar-refractivity contribution in [3.05, 3.63) is 72.2 Å². The number of benzene rings is 2. The summed E-state index contributed by atoms with van der Waals surface area (Å²) < 4.78 is 7.48. The first-order chi connectivity index (χ1) is 15.6. The van der Waals surface area contributed by atoms with E-state index in [0.29, 0.717) is 5.95 Å². The van der Waals surface area contributed by atoms with Gasteiger partial charge in [0, 0.05) is 65.2 Å². The minimum atomic E-state index is 0.616. The van der Waals surface area contributed by atoms with E-state index in [1.54, 1.807) is 7.11 Å². The third-order valence-corrected chi connectivity index (χ3v) is 5.70. The van der Waals surface area contributed by atoms with Crippen LogP contribution in [0.2, 0.25) is 0 Å². The van der Waals surface area contributed by atoms with E-state index >= 15 is 0 Å². The highest BCUT2D eigenvalue weighted by atomic mass is 16.5. The Morgan fingerprint density at radius 3 is 2.84 bits per heavy atom. The molecule has 3 aromatic heterocycles. The molecule has 0 saturated heterocycles. The average molecular weight is 427 g/mol. The number of nitrogens with one attached hydrogen (secondary N) is 3. The number of fused-ring (bicyclic) bond motifs is 2. The van der Waals surface area contributed by atoms with Gasteiger partial charge < -0.3 is 24.9 Å². The summed E-state index contributed by atoms with van der Waals surface area (Å²) in [5.74, 6) is 2.25. The van der Waals surface area contributed by atoms with Gasteiger partial charge in [-0.15, -0.1) is 0 Å². The Morgan fingerprint density at radius 2 is 1.97 bits per heavy atom. The maximum atomic E-state index is 5.37. The van der Waals surface area contributed by atoms with Crippen LogP contribution in [0.15, 0.2) is 60.9 Å². The molecule has 0 amide bonds. The number of anilines is 3. The summed E-state index contributed by atoms with van der Waals surface area (Å²) in [5, 5.41) is 9.17. The third-order valence-electron chi connectivity index (χ3n) is 5.70.